The third-order valence-corrected chi connectivity index (χ3v) is 3.65. The Balaban J connectivity index is 2.49. The molecule has 0 amide bonds. The van der Waals surface area contributed by atoms with Crippen LogP contribution in [0.2, 0.25) is 0 Å². The van der Waals surface area contributed by atoms with Gasteiger partial charge in [0, 0.05) is 6.61 Å². The molecule has 3 heteroatoms. The summed E-state index contributed by atoms with van der Waals surface area (Å²) in [6.45, 7) is 7.74. The zero-order valence-corrected chi connectivity index (χ0v) is 11.5. The Kier molecular flexibility index (Phi) is 7.82. The van der Waals surface area contributed by atoms with E-state index in [1.165, 1.54) is 25.7 Å². The van der Waals surface area contributed by atoms with Gasteiger partial charge in [-0.1, -0.05) is 26.7 Å². The van der Waals surface area contributed by atoms with Gasteiger partial charge in [-0.3, -0.25) is 4.90 Å². The summed E-state index contributed by atoms with van der Waals surface area (Å²) in [7, 11) is 0. The van der Waals surface area contributed by atoms with Crippen LogP contribution in [0.25, 0.3) is 0 Å². The number of hydrogen-bond acceptors (Lipinski definition) is 3. The molecule has 0 aliphatic carbocycles. The summed E-state index contributed by atoms with van der Waals surface area (Å²) in [5, 5.41) is 9.63. The Morgan fingerprint density at radius 1 is 1.24 bits per heavy atom. The molecule has 1 N–H and O–H groups in total. The molecular weight excluding hydrogens is 214 g/mol. The molecule has 0 radical (unpaired) electrons. The molecule has 3 nitrogen and oxygen atoms in total. The standard InChI is InChI=1S/C14H29NO2/c1-3-5-9-15(10-6-4-2)13(12-16)14-8-7-11-17-14/h13-14,16H,3-12H2,1-2H3/t13-,14-/m0/s1. The minimum absolute atomic E-state index is 0.218. The van der Waals surface area contributed by atoms with Crippen molar-refractivity contribution in [2.45, 2.75) is 64.5 Å². The van der Waals surface area contributed by atoms with Crippen LogP contribution in [0, 0.1) is 0 Å². The molecule has 1 heterocycles. The Morgan fingerprint density at radius 2 is 1.88 bits per heavy atom. The zero-order chi connectivity index (χ0) is 12.5. The Hall–Kier alpha value is -0.120. The number of hydrogen-bond donors (Lipinski definition) is 1. The molecule has 1 aliphatic heterocycles. The minimum atomic E-state index is 0.218. The van der Waals surface area contributed by atoms with Gasteiger partial charge in [0.2, 0.25) is 0 Å². The summed E-state index contributed by atoms with van der Waals surface area (Å²) in [5.74, 6) is 0. The van der Waals surface area contributed by atoms with Crippen molar-refractivity contribution in [3.63, 3.8) is 0 Å². The lowest BCUT2D eigenvalue weighted by atomic mass is 10.1. The van der Waals surface area contributed by atoms with Gasteiger partial charge in [-0.25, -0.2) is 0 Å². The first-order valence-corrected chi connectivity index (χ1v) is 7.30. The summed E-state index contributed by atoms with van der Waals surface area (Å²) in [4.78, 5) is 2.45. The lowest BCUT2D eigenvalue weighted by Gasteiger charge is -2.34. The SMILES string of the molecule is CCCCN(CCCC)[C@@H](CO)[C@@H]1CCCO1. The second-order valence-electron chi connectivity index (χ2n) is 5.04. The number of rotatable bonds is 9. The van der Waals surface area contributed by atoms with Crippen molar-refractivity contribution in [3.05, 3.63) is 0 Å². The number of ether oxygens (including phenoxy) is 1. The van der Waals surface area contributed by atoms with Gasteiger partial charge in [0.05, 0.1) is 18.8 Å². The van der Waals surface area contributed by atoms with Gasteiger partial charge < -0.3 is 9.84 Å². The first-order valence-electron chi connectivity index (χ1n) is 7.30. The molecule has 1 fully saturated rings. The van der Waals surface area contributed by atoms with E-state index in [-0.39, 0.29) is 18.8 Å². The lowest BCUT2D eigenvalue weighted by molar-refractivity contribution is -0.00314. The molecule has 0 saturated carbocycles. The van der Waals surface area contributed by atoms with Crippen molar-refractivity contribution in [1.82, 2.24) is 4.90 Å². The van der Waals surface area contributed by atoms with Crippen LogP contribution >= 0.6 is 0 Å². The molecule has 102 valence electrons. The highest BCUT2D eigenvalue weighted by atomic mass is 16.5. The van der Waals surface area contributed by atoms with Crippen LogP contribution in [0.15, 0.2) is 0 Å². The van der Waals surface area contributed by atoms with Crippen LogP contribution in [0.3, 0.4) is 0 Å². The van der Waals surface area contributed by atoms with E-state index in [1.807, 2.05) is 0 Å². The molecule has 0 spiro atoms. The van der Waals surface area contributed by atoms with E-state index < -0.39 is 0 Å². The molecule has 2 atom stereocenters. The predicted octanol–water partition coefficient (Wildman–Crippen LogP) is 2.43. The van der Waals surface area contributed by atoms with E-state index in [0.717, 1.165) is 32.5 Å². The molecule has 0 aromatic rings. The van der Waals surface area contributed by atoms with Crippen LogP contribution < -0.4 is 0 Å². The molecule has 1 rings (SSSR count). The van der Waals surface area contributed by atoms with Gasteiger partial charge in [-0.15, -0.1) is 0 Å². The average Bonchev–Trinajstić information content (AvgIpc) is 2.86. The van der Waals surface area contributed by atoms with E-state index in [4.69, 9.17) is 4.74 Å². The molecule has 0 aromatic carbocycles. The average molecular weight is 243 g/mol. The van der Waals surface area contributed by atoms with E-state index in [0.29, 0.717) is 0 Å². The number of nitrogens with zero attached hydrogens (tertiary/aromatic N) is 1. The molecule has 0 unspecified atom stereocenters. The fourth-order valence-electron chi connectivity index (χ4n) is 2.54. The minimum Gasteiger partial charge on any atom is -0.395 e. The Morgan fingerprint density at radius 3 is 2.29 bits per heavy atom. The zero-order valence-electron chi connectivity index (χ0n) is 11.5. The summed E-state index contributed by atoms with van der Waals surface area (Å²) >= 11 is 0. The first kappa shape index (κ1) is 14.9. The highest BCUT2D eigenvalue weighted by Crippen LogP contribution is 2.20. The van der Waals surface area contributed by atoms with Crippen LogP contribution in [0.4, 0.5) is 0 Å². The quantitative estimate of drug-likeness (QED) is 0.675. The molecule has 1 saturated heterocycles. The third kappa shape index (κ3) is 4.94. The maximum atomic E-state index is 9.63. The normalized spacial score (nSPS) is 22.2. The van der Waals surface area contributed by atoms with Gasteiger partial charge in [0.15, 0.2) is 0 Å². The van der Waals surface area contributed by atoms with Crippen LogP contribution in [0.5, 0.6) is 0 Å². The maximum absolute atomic E-state index is 9.63. The molecular formula is C14H29NO2. The fraction of sp³-hybridized carbons (Fsp3) is 1.00. The monoisotopic (exact) mass is 243 g/mol. The third-order valence-electron chi connectivity index (χ3n) is 3.65. The number of unbranched alkanes of at least 4 members (excludes halogenated alkanes) is 2. The molecule has 0 aromatic heterocycles. The largest absolute Gasteiger partial charge is 0.395 e. The fourth-order valence-corrected chi connectivity index (χ4v) is 2.54. The van der Waals surface area contributed by atoms with Crippen molar-refractivity contribution < 1.29 is 9.84 Å². The van der Waals surface area contributed by atoms with Crippen LogP contribution in [0.1, 0.15) is 52.4 Å². The lowest BCUT2D eigenvalue weighted by Crippen LogP contribution is -2.46. The van der Waals surface area contributed by atoms with Gasteiger partial charge in [0.1, 0.15) is 0 Å². The van der Waals surface area contributed by atoms with E-state index in [2.05, 4.69) is 18.7 Å². The van der Waals surface area contributed by atoms with Crippen LogP contribution in [-0.4, -0.2) is 48.5 Å². The first-order chi connectivity index (χ1) is 8.33. The van der Waals surface area contributed by atoms with Gasteiger partial charge in [-0.05, 0) is 38.8 Å². The Bertz CT molecular complexity index is 173. The van der Waals surface area contributed by atoms with Gasteiger partial charge in [-0.2, -0.15) is 0 Å². The number of aliphatic hydroxyl groups is 1. The van der Waals surface area contributed by atoms with Crippen molar-refractivity contribution in [1.29, 1.82) is 0 Å². The summed E-state index contributed by atoms with van der Waals surface area (Å²) in [6, 6.07) is 0.218. The molecule has 0 bridgehead atoms. The summed E-state index contributed by atoms with van der Waals surface area (Å²) in [5.41, 5.74) is 0. The molecule has 1 aliphatic rings. The summed E-state index contributed by atoms with van der Waals surface area (Å²) < 4.78 is 5.75. The van der Waals surface area contributed by atoms with E-state index in [1.54, 1.807) is 0 Å². The highest BCUT2D eigenvalue weighted by molar-refractivity contribution is 4.82. The van der Waals surface area contributed by atoms with E-state index in [9.17, 15) is 5.11 Å². The van der Waals surface area contributed by atoms with E-state index >= 15 is 0 Å². The van der Waals surface area contributed by atoms with Gasteiger partial charge >= 0.3 is 0 Å². The van der Waals surface area contributed by atoms with Crippen molar-refractivity contribution in [2.75, 3.05) is 26.3 Å². The highest BCUT2D eigenvalue weighted by Gasteiger charge is 2.29. The second-order valence-corrected chi connectivity index (χ2v) is 5.04. The summed E-state index contributed by atoms with van der Waals surface area (Å²) in [6.07, 6.45) is 7.38. The van der Waals surface area contributed by atoms with Gasteiger partial charge in [0.25, 0.3) is 0 Å². The Labute approximate surface area is 106 Å². The predicted molar refractivity (Wildman–Crippen MR) is 71.2 cm³/mol. The second kappa shape index (κ2) is 8.90. The van der Waals surface area contributed by atoms with Crippen LogP contribution in [-0.2, 0) is 4.74 Å². The molecule has 17 heavy (non-hydrogen) atoms. The topological polar surface area (TPSA) is 32.7 Å². The van der Waals surface area contributed by atoms with Crippen molar-refractivity contribution in [3.8, 4) is 0 Å². The smallest absolute Gasteiger partial charge is 0.0753 e. The maximum Gasteiger partial charge on any atom is 0.0753 e. The van der Waals surface area contributed by atoms with Crippen molar-refractivity contribution >= 4 is 0 Å². The van der Waals surface area contributed by atoms with Crippen molar-refractivity contribution in [2.24, 2.45) is 0 Å². The number of aliphatic hydroxyl groups excluding tert-OH is 1.